The molecule has 0 spiro atoms. The maximum Gasteiger partial charge on any atom is 0.178 e. The molecule has 0 aliphatic heterocycles. The Bertz CT molecular complexity index is 524. The minimum atomic E-state index is 0.168. The van der Waals surface area contributed by atoms with Crippen molar-refractivity contribution in [3.8, 4) is 0 Å². The Labute approximate surface area is 110 Å². The zero-order valence-corrected chi connectivity index (χ0v) is 11.0. The number of hydrogen-bond donors (Lipinski definition) is 0. The van der Waals surface area contributed by atoms with Crippen molar-refractivity contribution in [2.24, 2.45) is 0 Å². The van der Waals surface area contributed by atoms with Crippen molar-refractivity contribution < 1.29 is 4.79 Å². The van der Waals surface area contributed by atoms with Crippen molar-refractivity contribution in [3.63, 3.8) is 0 Å². The first-order chi connectivity index (χ1) is 8.83. The van der Waals surface area contributed by atoms with Gasteiger partial charge in [0.25, 0.3) is 0 Å². The predicted molar refractivity (Wildman–Crippen MR) is 72.1 cm³/mol. The fraction of sp³-hybridized carbons (Fsp3) is 0.429. The smallest absolute Gasteiger partial charge is 0.178 e. The molecule has 4 heteroatoms. The van der Waals surface area contributed by atoms with E-state index in [1.807, 2.05) is 34.5 Å². The molecule has 0 bridgehead atoms. The summed E-state index contributed by atoms with van der Waals surface area (Å²) >= 11 is 1.50. The van der Waals surface area contributed by atoms with Crippen LogP contribution in [0.15, 0.2) is 29.8 Å². The van der Waals surface area contributed by atoms with Gasteiger partial charge in [-0.2, -0.15) is 5.10 Å². The lowest BCUT2D eigenvalue weighted by atomic mass is 10.2. The van der Waals surface area contributed by atoms with Crippen LogP contribution < -0.4 is 0 Å². The van der Waals surface area contributed by atoms with Crippen molar-refractivity contribution in [2.45, 2.75) is 38.1 Å². The van der Waals surface area contributed by atoms with Crippen molar-refractivity contribution in [2.75, 3.05) is 0 Å². The summed E-state index contributed by atoms with van der Waals surface area (Å²) in [4.78, 5) is 12.8. The van der Waals surface area contributed by atoms with Gasteiger partial charge in [-0.05, 0) is 30.4 Å². The molecular weight excluding hydrogens is 244 g/mol. The molecule has 2 aromatic heterocycles. The van der Waals surface area contributed by atoms with Gasteiger partial charge in [0.15, 0.2) is 5.78 Å². The van der Waals surface area contributed by atoms with E-state index in [1.165, 1.54) is 37.0 Å². The summed E-state index contributed by atoms with van der Waals surface area (Å²) in [6.45, 7) is 0. The zero-order chi connectivity index (χ0) is 12.4. The highest BCUT2D eigenvalue weighted by molar-refractivity contribution is 7.12. The molecule has 3 rings (SSSR count). The van der Waals surface area contributed by atoms with E-state index in [4.69, 9.17) is 0 Å². The molecule has 2 heterocycles. The highest BCUT2D eigenvalue weighted by Gasteiger charge is 2.18. The summed E-state index contributed by atoms with van der Waals surface area (Å²) in [6.07, 6.45) is 7.48. The number of aromatic nitrogens is 2. The van der Waals surface area contributed by atoms with Crippen molar-refractivity contribution in [1.29, 1.82) is 0 Å². The predicted octanol–water partition coefficient (Wildman–Crippen LogP) is 3.49. The molecule has 0 radical (unpaired) electrons. The molecule has 1 aliphatic rings. The van der Waals surface area contributed by atoms with Crippen LogP contribution in [0.2, 0.25) is 0 Å². The van der Waals surface area contributed by atoms with Crippen LogP contribution >= 0.6 is 11.3 Å². The molecule has 18 heavy (non-hydrogen) atoms. The van der Waals surface area contributed by atoms with Crippen LogP contribution in [0, 0.1) is 0 Å². The van der Waals surface area contributed by atoms with E-state index in [2.05, 4.69) is 5.10 Å². The Morgan fingerprint density at radius 1 is 1.39 bits per heavy atom. The molecule has 0 saturated heterocycles. The number of thiophene rings is 1. The maximum atomic E-state index is 12.0. The summed E-state index contributed by atoms with van der Waals surface area (Å²) < 4.78 is 2.05. The number of hydrogen-bond acceptors (Lipinski definition) is 3. The number of nitrogens with zero attached hydrogens (tertiary/aromatic N) is 2. The van der Waals surface area contributed by atoms with Crippen LogP contribution in [0.4, 0.5) is 0 Å². The summed E-state index contributed by atoms with van der Waals surface area (Å²) in [5.41, 5.74) is 0.889. The van der Waals surface area contributed by atoms with E-state index in [0.717, 1.165) is 10.6 Å². The summed E-state index contributed by atoms with van der Waals surface area (Å²) in [6, 6.07) is 6.32. The van der Waals surface area contributed by atoms with E-state index in [1.54, 1.807) is 0 Å². The van der Waals surface area contributed by atoms with Gasteiger partial charge in [0.2, 0.25) is 0 Å². The Morgan fingerprint density at radius 3 is 2.94 bits per heavy atom. The average Bonchev–Trinajstić information content (AvgIpc) is 3.12. The Balaban J connectivity index is 1.68. The molecule has 0 atom stereocenters. The largest absolute Gasteiger partial charge is 0.293 e. The average molecular weight is 260 g/mol. The maximum absolute atomic E-state index is 12.0. The topological polar surface area (TPSA) is 34.9 Å². The summed E-state index contributed by atoms with van der Waals surface area (Å²) in [7, 11) is 0. The number of rotatable bonds is 4. The highest BCUT2D eigenvalue weighted by atomic mass is 32.1. The van der Waals surface area contributed by atoms with Crippen LogP contribution in [-0.4, -0.2) is 15.6 Å². The van der Waals surface area contributed by atoms with Crippen LogP contribution in [0.1, 0.15) is 47.1 Å². The number of carbonyl (C=O) groups is 1. The third-order valence-corrected chi connectivity index (χ3v) is 4.41. The van der Waals surface area contributed by atoms with E-state index in [0.29, 0.717) is 12.5 Å². The zero-order valence-electron chi connectivity index (χ0n) is 10.2. The standard InChI is InChI=1S/C14H16N2OS/c17-13(14-6-3-9-18-14)10-11-7-8-16(15-11)12-4-1-2-5-12/h3,6-9,12H,1-2,4-5,10H2. The van der Waals surface area contributed by atoms with Gasteiger partial charge in [-0.3, -0.25) is 9.48 Å². The van der Waals surface area contributed by atoms with E-state index >= 15 is 0 Å². The van der Waals surface area contributed by atoms with Crippen LogP contribution in [-0.2, 0) is 6.42 Å². The van der Waals surface area contributed by atoms with Crippen molar-refractivity contribution in [1.82, 2.24) is 9.78 Å². The van der Waals surface area contributed by atoms with E-state index in [9.17, 15) is 4.79 Å². The van der Waals surface area contributed by atoms with Gasteiger partial charge in [0.1, 0.15) is 0 Å². The second-order valence-electron chi connectivity index (χ2n) is 4.80. The molecular formula is C14H16N2OS. The first kappa shape index (κ1) is 11.7. The lowest BCUT2D eigenvalue weighted by Crippen LogP contribution is -2.07. The number of carbonyl (C=O) groups excluding carboxylic acids is 1. The second-order valence-corrected chi connectivity index (χ2v) is 5.75. The molecule has 1 fully saturated rings. The van der Waals surface area contributed by atoms with Crippen molar-refractivity contribution in [3.05, 3.63) is 40.3 Å². The summed E-state index contributed by atoms with van der Waals surface area (Å²) in [5, 5.41) is 6.48. The number of ketones is 1. The van der Waals surface area contributed by atoms with Gasteiger partial charge in [-0.25, -0.2) is 0 Å². The Morgan fingerprint density at radius 2 is 2.22 bits per heavy atom. The van der Waals surface area contributed by atoms with Gasteiger partial charge >= 0.3 is 0 Å². The molecule has 1 saturated carbocycles. The molecule has 0 unspecified atom stereocenters. The minimum Gasteiger partial charge on any atom is -0.293 e. The van der Waals surface area contributed by atoms with Gasteiger partial charge in [0, 0.05) is 6.20 Å². The second kappa shape index (κ2) is 5.06. The van der Waals surface area contributed by atoms with Crippen LogP contribution in [0.5, 0.6) is 0 Å². The van der Waals surface area contributed by atoms with E-state index in [-0.39, 0.29) is 5.78 Å². The van der Waals surface area contributed by atoms with Gasteiger partial charge < -0.3 is 0 Å². The SMILES string of the molecule is O=C(Cc1ccn(C2CCCC2)n1)c1cccs1. The van der Waals surface area contributed by atoms with Gasteiger partial charge in [0.05, 0.1) is 23.0 Å². The quantitative estimate of drug-likeness (QED) is 0.789. The minimum absolute atomic E-state index is 0.168. The molecule has 0 aromatic carbocycles. The molecule has 0 N–H and O–H groups in total. The first-order valence-electron chi connectivity index (χ1n) is 6.43. The third kappa shape index (κ3) is 2.38. The first-order valence-corrected chi connectivity index (χ1v) is 7.31. The molecule has 3 nitrogen and oxygen atoms in total. The summed E-state index contributed by atoms with van der Waals surface area (Å²) in [5.74, 6) is 0.168. The normalized spacial score (nSPS) is 16.2. The Hall–Kier alpha value is -1.42. The van der Waals surface area contributed by atoms with Crippen molar-refractivity contribution >= 4 is 17.1 Å². The lowest BCUT2D eigenvalue weighted by Gasteiger charge is -2.08. The van der Waals surface area contributed by atoms with E-state index < -0.39 is 0 Å². The monoisotopic (exact) mass is 260 g/mol. The number of Topliss-reactive ketones (excluding diaryl/α,β-unsaturated/α-hetero) is 1. The highest BCUT2D eigenvalue weighted by Crippen LogP contribution is 2.28. The molecule has 0 amide bonds. The third-order valence-electron chi connectivity index (χ3n) is 3.50. The van der Waals surface area contributed by atoms with Crippen LogP contribution in [0.3, 0.4) is 0 Å². The van der Waals surface area contributed by atoms with Gasteiger partial charge in [-0.15, -0.1) is 11.3 Å². The molecule has 1 aliphatic carbocycles. The van der Waals surface area contributed by atoms with Gasteiger partial charge in [-0.1, -0.05) is 18.9 Å². The fourth-order valence-electron chi connectivity index (χ4n) is 2.53. The molecule has 2 aromatic rings. The fourth-order valence-corrected chi connectivity index (χ4v) is 3.20. The van der Waals surface area contributed by atoms with Crippen LogP contribution in [0.25, 0.3) is 0 Å². The molecule has 94 valence electrons. The lowest BCUT2D eigenvalue weighted by molar-refractivity contribution is 0.0995. The Kier molecular flexibility index (Phi) is 3.28.